The molecule has 2 aliphatic rings. The first kappa shape index (κ1) is 36.9. The summed E-state index contributed by atoms with van der Waals surface area (Å²) in [5.74, 6) is -4.58. The normalized spacial score (nSPS) is 17.7. The number of carboxylic acids is 1. The first-order valence-electron chi connectivity index (χ1n) is 16.9. The summed E-state index contributed by atoms with van der Waals surface area (Å²) < 4.78 is 34.0. The molecular formula is C38H41F2N5O6. The molecule has 11 nitrogen and oxygen atoms in total. The first-order valence-corrected chi connectivity index (χ1v) is 16.9. The Morgan fingerprint density at radius 3 is 2.10 bits per heavy atom. The van der Waals surface area contributed by atoms with Crippen LogP contribution in [0.5, 0.6) is 0 Å². The van der Waals surface area contributed by atoms with Crippen LogP contribution in [0.4, 0.5) is 19.3 Å². The van der Waals surface area contributed by atoms with Crippen molar-refractivity contribution in [2.45, 2.75) is 64.9 Å². The number of nitrogens with one attached hydrogen (secondary N) is 2. The highest BCUT2D eigenvalue weighted by atomic mass is 19.1. The maximum atomic E-state index is 14.4. The van der Waals surface area contributed by atoms with Gasteiger partial charge in [0.1, 0.15) is 28.6 Å². The van der Waals surface area contributed by atoms with Crippen molar-refractivity contribution < 1.29 is 37.8 Å². The highest BCUT2D eigenvalue weighted by Gasteiger charge is 2.31. The number of anilines is 1. The molecule has 1 aliphatic carbocycles. The molecule has 13 heteroatoms. The molecule has 3 N–H and O–H groups in total. The van der Waals surface area contributed by atoms with E-state index in [0.717, 1.165) is 36.1 Å². The number of ketones is 1. The van der Waals surface area contributed by atoms with Crippen molar-refractivity contribution in [1.29, 1.82) is 0 Å². The second-order valence-electron chi connectivity index (χ2n) is 13.9. The second-order valence-corrected chi connectivity index (χ2v) is 13.9. The van der Waals surface area contributed by atoms with Crippen LogP contribution >= 0.6 is 0 Å². The molecule has 1 atom stereocenters. The van der Waals surface area contributed by atoms with Crippen LogP contribution in [-0.4, -0.2) is 53.5 Å². The third-order valence-electron chi connectivity index (χ3n) is 8.94. The van der Waals surface area contributed by atoms with Crippen LogP contribution in [0.25, 0.3) is 11.1 Å². The van der Waals surface area contributed by atoms with Crippen LogP contribution in [0.3, 0.4) is 0 Å². The van der Waals surface area contributed by atoms with Gasteiger partial charge in [0.2, 0.25) is 5.91 Å². The van der Waals surface area contributed by atoms with E-state index >= 15 is 0 Å². The number of aromatic carboxylic acids is 1. The number of amidine groups is 1. The van der Waals surface area contributed by atoms with Crippen LogP contribution in [0.2, 0.25) is 0 Å². The monoisotopic (exact) mass is 701 g/mol. The summed E-state index contributed by atoms with van der Waals surface area (Å²) in [6.45, 7) is 6.15. The number of benzene rings is 3. The van der Waals surface area contributed by atoms with Gasteiger partial charge in [0.15, 0.2) is 12.5 Å². The summed E-state index contributed by atoms with van der Waals surface area (Å²) in [5.41, 5.74) is 1.04. The van der Waals surface area contributed by atoms with Crippen molar-refractivity contribution in [2.75, 3.05) is 18.5 Å². The number of amides is 2. The summed E-state index contributed by atoms with van der Waals surface area (Å²) in [6, 6.07) is 15.7. The average Bonchev–Trinajstić information content (AvgIpc) is 3.62. The minimum Gasteiger partial charge on any atom is -0.477 e. The topological polar surface area (TPSA) is 159 Å². The molecule has 268 valence electrons. The van der Waals surface area contributed by atoms with Crippen LogP contribution in [-0.2, 0) is 20.7 Å². The Hall–Kier alpha value is -5.33. The van der Waals surface area contributed by atoms with Gasteiger partial charge in [-0.15, -0.1) is 5.11 Å². The number of hydrogen-bond acceptors (Lipinski definition) is 8. The van der Waals surface area contributed by atoms with Gasteiger partial charge < -0.3 is 20.5 Å². The molecule has 1 saturated carbocycles. The molecule has 0 bridgehead atoms. The minimum atomic E-state index is -1.69. The van der Waals surface area contributed by atoms with Gasteiger partial charge in [-0.1, -0.05) is 24.3 Å². The number of carbonyl (C=O) groups excluding carboxylic acids is 3. The number of hydrogen-bond donors (Lipinski definition) is 3. The fourth-order valence-corrected chi connectivity index (χ4v) is 6.28. The van der Waals surface area contributed by atoms with Gasteiger partial charge in [0.05, 0.1) is 0 Å². The summed E-state index contributed by atoms with van der Waals surface area (Å²) in [5, 5.41) is 22.7. The Balaban J connectivity index is 1.26. The second kappa shape index (κ2) is 16.1. The Labute approximate surface area is 294 Å². The van der Waals surface area contributed by atoms with Gasteiger partial charge in [-0.05, 0) is 112 Å². The van der Waals surface area contributed by atoms with E-state index in [2.05, 4.69) is 25.9 Å². The van der Waals surface area contributed by atoms with Gasteiger partial charge in [-0.3, -0.25) is 9.59 Å². The molecule has 0 saturated heterocycles. The van der Waals surface area contributed by atoms with Crippen molar-refractivity contribution in [2.24, 2.45) is 33.0 Å². The van der Waals surface area contributed by atoms with Crippen molar-refractivity contribution in [3.63, 3.8) is 0 Å². The maximum Gasteiger partial charge on any atom is 0.407 e. The van der Waals surface area contributed by atoms with E-state index < -0.39 is 40.8 Å². The first-order chi connectivity index (χ1) is 24.3. The molecule has 0 aromatic heterocycles. The average molecular weight is 702 g/mol. The van der Waals surface area contributed by atoms with E-state index in [-0.39, 0.29) is 48.6 Å². The highest BCUT2D eigenvalue weighted by Crippen LogP contribution is 2.32. The quantitative estimate of drug-likeness (QED) is 0.177. The van der Waals surface area contributed by atoms with Gasteiger partial charge in [-0.25, -0.2) is 23.4 Å². The van der Waals surface area contributed by atoms with Crippen molar-refractivity contribution in [3.05, 3.63) is 89.0 Å². The Bertz CT molecular complexity index is 1810. The predicted molar refractivity (Wildman–Crippen MR) is 187 cm³/mol. The molecule has 3 aromatic rings. The summed E-state index contributed by atoms with van der Waals surface area (Å²) in [6.07, 6.45) is 2.60. The number of ether oxygens (including phenoxy) is 1. The molecule has 0 radical (unpaired) electrons. The fraction of sp³-hybridized carbons (Fsp3) is 0.395. The van der Waals surface area contributed by atoms with Crippen LogP contribution < -0.4 is 10.6 Å². The zero-order chi connectivity index (χ0) is 36.7. The lowest BCUT2D eigenvalue weighted by Crippen LogP contribution is -2.37. The number of nitrogens with zero attached hydrogens (tertiary/aromatic N) is 3. The third kappa shape index (κ3) is 10.1. The van der Waals surface area contributed by atoms with Crippen LogP contribution in [0, 0.1) is 29.4 Å². The lowest BCUT2D eigenvalue weighted by molar-refractivity contribution is -0.129. The molecule has 5 rings (SSSR count). The predicted octanol–water partition coefficient (Wildman–Crippen LogP) is 7.59. The van der Waals surface area contributed by atoms with Gasteiger partial charge in [-0.2, -0.15) is 5.11 Å². The molecule has 0 unspecified atom stereocenters. The summed E-state index contributed by atoms with van der Waals surface area (Å²) in [7, 11) is 0. The molecule has 2 amide bonds. The smallest absolute Gasteiger partial charge is 0.407 e. The summed E-state index contributed by atoms with van der Waals surface area (Å²) in [4.78, 5) is 54.8. The van der Waals surface area contributed by atoms with Crippen molar-refractivity contribution >= 4 is 35.3 Å². The third-order valence-corrected chi connectivity index (χ3v) is 8.94. The summed E-state index contributed by atoms with van der Waals surface area (Å²) >= 11 is 0. The molecule has 1 aliphatic heterocycles. The van der Waals surface area contributed by atoms with E-state index in [1.54, 1.807) is 69.3 Å². The fourth-order valence-electron chi connectivity index (χ4n) is 6.28. The number of Topliss-reactive ketones (excluding diaryl/α,β-unsaturated/α-hetero) is 1. The zero-order valence-electron chi connectivity index (χ0n) is 28.7. The number of halogens is 2. The molecule has 1 heterocycles. The van der Waals surface area contributed by atoms with Crippen molar-refractivity contribution in [1.82, 2.24) is 5.32 Å². The standard InChI is InChI=1S/C38H41F2N5O6/c1-38(2,3)51-37(50)41-20-23-6-10-25(11-7-23)32(46)19-28(35(47)44-29-14-12-26(13-15-29)34-42-21-43-45-34)16-22-4-8-24(9-5-22)27-17-30(39)33(36(48)49)31(40)18-27/h4-5,8-9,12-15,17-18,23,25,28H,6-7,10-11,16,19-21H2,1-3H3,(H,41,50)(H,44,47)(H,48,49)/t23?,25?,28-/m1/s1. The van der Waals surface area contributed by atoms with E-state index in [0.29, 0.717) is 36.5 Å². The van der Waals surface area contributed by atoms with Crippen LogP contribution in [0.15, 0.2) is 75.9 Å². The van der Waals surface area contributed by atoms with Gasteiger partial charge in [0.25, 0.3) is 0 Å². The number of azo groups is 1. The number of aliphatic imine (C=N–C) groups is 1. The van der Waals surface area contributed by atoms with E-state index in [1.165, 1.54) is 0 Å². The molecule has 51 heavy (non-hydrogen) atoms. The Morgan fingerprint density at radius 2 is 1.53 bits per heavy atom. The molecular weight excluding hydrogens is 660 g/mol. The SMILES string of the molecule is CC(C)(C)OC(=O)NCC1CCC(C(=O)C[C@@H](Cc2ccc(-c3cc(F)c(C(=O)O)c(F)c3)cc2)C(=O)Nc2ccc(C3=NCN=N3)cc2)CC1. The van der Waals surface area contributed by atoms with E-state index in [9.17, 15) is 28.0 Å². The number of carbonyl (C=O) groups is 4. The Morgan fingerprint density at radius 1 is 0.902 bits per heavy atom. The van der Waals surface area contributed by atoms with Gasteiger partial charge >= 0.3 is 12.1 Å². The molecule has 3 aromatic carbocycles. The lowest BCUT2D eigenvalue weighted by Gasteiger charge is -2.29. The van der Waals surface area contributed by atoms with E-state index in [1.807, 2.05) is 0 Å². The van der Waals surface area contributed by atoms with Crippen molar-refractivity contribution in [3.8, 4) is 11.1 Å². The lowest BCUT2D eigenvalue weighted by atomic mass is 9.77. The highest BCUT2D eigenvalue weighted by molar-refractivity contribution is 6.01. The minimum absolute atomic E-state index is 0.00486. The maximum absolute atomic E-state index is 14.4. The largest absolute Gasteiger partial charge is 0.477 e. The number of rotatable bonds is 12. The number of carboxylic acid groups (broad SMARTS) is 1. The zero-order valence-corrected chi connectivity index (χ0v) is 28.7. The van der Waals surface area contributed by atoms with E-state index in [4.69, 9.17) is 9.84 Å². The Kier molecular flexibility index (Phi) is 11.7. The van der Waals surface area contributed by atoms with Crippen LogP contribution in [0.1, 0.15) is 74.4 Å². The van der Waals surface area contributed by atoms with Gasteiger partial charge in [0, 0.05) is 36.1 Å². The molecule has 0 spiro atoms. The number of alkyl carbamates (subject to hydrolysis) is 1. The molecule has 1 fully saturated rings.